The molecule has 1 aromatic carbocycles. The number of halogens is 1. The normalized spacial score (nSPS) is 10.1. The molecule has 0 aliphatic heterocycles. The zero-order valence-corrected chi connectivity index (χ0v) is 8.98. The molecule has 0 saturated carbocycles. The number of nitrogen functional groups attached to an aromatic ring is 1. The Bertz CT molecular complexity index is 508. The maximum Gasteiger partial charge on any atom is 0.199 e. The maximum atomic E-state index is 12.0. The summed E-state index contributed by atoms with van der Waals surface area (Å²) in [5, 5.41) is 0.0707. The lowest BCUT2D eigenvalue weighted by molar-refractivity contribution is 0.103. The van der Waals surface area contributed by atoms with Crippen molar-refractivity contribution < 1.29 is 4.79 Å². The van der Waals surface area contributed by atoms with Crippen LogP contribution >= 0.6 is 11.6 Å². The first-order chi connectivity index (χ1) is 7.70. The number of nitrogens with two attached hydrogens (primary N) is 1. The third-order valence-corrected chi connectivity index (χ3v) is 2.38. The average molecular weight is 234 g/mol. The molecule has 0 bridgehead atoms. The molecular weight excluding hydrogens is 226 g/mol. The van der Waals surface area contributed by atoms with Gasteiger partial charge in [0.15, 0.2) is 5.78 Å². The number of carbonyl (C=O) groups is 1. The number of aromatic nitrogens is 2. The summed E-state index contributed by atoms with van der Waals surface area (Å²) in [6.45, 7) is 0. The van der Waals surface area contributed by atoms with E-state index in [1.807, 2.05) is 6.07 Å². The summed E-state index contributed by atoms with van der Waals surface area (Å²) in [5.74, 6) is -0.183. The van der Waals surface area contributed by atoms with Gasteiger partial charge < -0.3 is 5.73 Å². The van der Waals surface area contributed by atoms with Crippen molar-refractivity contribution in [1.29, 1.82) is 0 Å². The number of rotatable bonds is 2. The van der Waals surface area contributed by atoms with Gasteiger partial charge >= 0.3 is 0 Å². The van der Waals surface area contributed by atoms with Gasteiger partial charge in [-0.2, -0.15) is 0 Å². The fourth-order valence-electron chi connectivity index (χ4n) is 1.32. The van der Waals surface area contributed by atoms with Crippen LogP contribution < -0.4 is 5.73 Å². The van der Waals surface area contributed by atoms with E-state index in [-0.39, 0.29) is 22.3 Å². The first-order valence-electron chi connectivity index (χ1n) is 4.56. The van der Waals surface area contributed by atoms with Crippen LogP contribution in [-0.2, 0) is 0 Å². The molecular formula is C11H8ClN3O. The molecule has 0 unspecified atom stereocenters. The number of ketones is 1. The van der Waals surface area contributed by atoms with Gasteiger partial charge in [-0.15, -0.1) is 0 Å². The van der Waals surface area contributed by atoms with Crippen molar-refractivity contribution in [2.45, 2.75) is 0 Å². The molecule has 4 nitrogen and oxygen atoms in total. The summed E-state index contributed by atoms with van der Waals surface area (Å²) in [6, 6.07) is 8.72. The predicted molar refractivity (Wildman–Crippen MR) is 61.3 cm³/mol. The molecule has 80 valence electrons. The Morgan fingerprint density at radius 1 is 1.19 bits per heavy atom. The fraction of sp³-hybridized carbons (Fsp3) is 0. The summed E-state index contributed by atoms with van der Waals surface area (Å²) < 4.78 is 0. The minimum absolute atomic E-state index is 0.0707. The van der Waals surface area contributed by atoms with Crippen LogP contribution in [0, 0.1) is 0 Å². The van der Waals surface area contributed by atoms with E-state index in [1.165, 1.54) is 6.33 Å². The highest BCUT2D eigenvalue weighted by molar-refractivity contribution is 6.34. The van der Waals surface area contributed by atoms with Gasteiger partial charge in [-0.3, -0.25) is 4.79 Å². The smallest absolute Gasteiger partial charge is 0.199 e. The molecule has 0 aliphatic carbocycles. The maximum absolute atomic E-state index is 12.0. The van der Waals surface area contributed by atoms with Crippen LogP contribution in [0.3, 0.4) is 0 Å². The van der Waals surface area contributed by atoms with Gasteiger partial charge in [0.25, 0.3) is 0 Å². The van der Waals surface area contributed by atoms with Crippen LogP contribution in [0.2, 0.25) is 5.15 Å². The standard InChI is InChI=1S/C11H8ClN3O/c12-10-8(11(13)15-6-14-10)9(16)7-4-2-1-3-5-7/h1-6H,(H2,13,14,15). The molecule has 1 aromatic heterocycles. The Balaban J connectivity index is 2.50. The van der Waals surface area contributed by atoms with Crippen LogP contribution in [0.1, 0.15) is 15.9 Å². The second-order valence-corrected chi connectivity index (χ2v) is 3.48. The number of hydrogen-bond donors (Lipinski definition) is 1. The molecule has 0 radical (unpaired) electrons. The molecule has 0 saturated heterocycles. The molecule has 2 N–H and O–H groups in total. The number of hydrogen-bond acceptors (Lipinski definition) is 4. The summed E-state index contributed by atoms with van der Waals surface area (Å²) in [6.07, 6.45) is 1.22. The van der Waals surface area contributed by atoms with Crippen molar-refractivity contribution in [2.24, 2.45) is 0 Å². The summed E-state index contributed by atoms with van der Waals surface area (Å²) >= 11 is 5.82. The molecule has 2 aromatic rings. The highest BCUT2D eigenvalue weighted by atomic mass is 35.5. The topological polar surface area (TPSA) is 68.9 Å². The Morgan fingerprint density at radius 2 is 1.88 bits per heavy atom. The van der Waals surface area contributed by atoms with Gasteiger partial charge in [-0.05, 0) is 0 Å². The Labute approximate surface area is 97.1 Å². The number of anilines is 1. The van der Waals surface area contributed by atoms with Crippen molar-refractivity contribution in [3.8, 4) is 0 Å². The summed E-state index contributed by atoms with van der Waals surface area (Å²) in [4.78, 5) is 19.5. The molecule has 0 atom stereocenters. The highest BCUT2D eigenvalue weighted by Gasteiger charge is 2.17. The molecule has 16 heavy (non-hydrogen) atoms. The molecule has 5 heteroatoms. The zero-order chi connectivity index (χ0) is 11.5. The monoisotopic (exact) mass is 233 g/mol. The van der Waals surface area contributed by atoms with Crippen molar-refractivity contribution in [1.82, 2.24) is 9.97 Å². The highest BCUT2D eigenvalue weighted by Crippen LogP contribution is 2.20. The van der Waals surface area contributed by atoms with E-state index < -0.39 is 0 Å². The van der Waals surface area contributed by atoms with Gasteiger partial charge in [0, 0.05) is 5.56 Å². The molecule has 0 fully saturated rings. The zero-order valence-electron chi connectivity index (χ0n) is 8.22. The fourth-order valence-corrected chi connectivity index (χ4v) is 1.55. The molecule has 2 rings (SSSR count). The van der Waals surface area contributed by atoms with E-state index in [0.29, 0.717) is 5.56 Å². The van der Waals surface area contributed by atoms with E-state index in [2.05, 4.69) is 9.97 Å². The van der Waals surface area contributed by atoms with E-state index in [1.54, 1.807) is 24.3 Å². The largest absolute Gasteiger partial charge is 0.383 e. The van der Waals surface area contributed by atoms with Gasteiger partial charge in [-0.1, -0.05) is 41.9 Å². The van der Waals surface area contributed by atoms with Gasteiger partial charge in [0.2, 0.25) is 0 Å². The molecule has 1 heterocycles. The second-order valence-electron chi connectivity index (χ2n) is 3.12. The van der Waals surface area contributed by atoms with Crippen LogP contribution in [0.5, 0.6) is 0 Å². The van der Waals surface area contributed by atoms with Crippen molar-refractivity contribution in [3.63, 3.8) is 0 Å². The lowest BCUT2D eigenvalue weighted by atomic mass is 10.1. The van der Waals surface area contributed by atoms with E-state index in [4.69, 9.17) is 17.3 Å². The van der Waals surface area contributed by atoms with Gasteiger partial charge in [0.1, 0.15) is 22.9 Å². The SMILES string of the molecule is Nc1ncnc(Cl)c1C(=O)c1ccccc1. The van der Waals surface area contributed by atoms with Gasteiger partial charge in [-0.25, -0.2) is 9.97 Å². The Hall–Kier alpha value is -1.94. The van der Waals surface area contributed by atoms with Crippen molar-refractivity contribution in [2.75, 3.05) is 5.73 Å². The Kier molecular flexibility index (Phi) is 2.83. The van der Waals surface area contributed by atoms with Gasteiger partial charge in [0.05, 0.1) is 0 Å². The van der Waals surface area contributed by atoms with Crippen LogP contribution in [0.25, 0.3) is 0 Å². The number of nitrogens with zero attached hydrogens (tertiary/aromatic N) is 2. The Morgan fingerprint density at radius 3 is 2.50 bits per heavy atom. The third-order valence-electron chi connectivity index (χ3n) is 2.09. The summed E-state index contributed by atoms with van der Waals surface area (Å²) in [7, 11) is 0. The van der Waals surface area contributed by atoms with E-state index in [0.717, 1.165) is 0 Å². The van der Waals surface area contributed by atoms with E-state index in [9.17, 15) is 4.79 Å². The minimum atomic E-state index is -0.274. The summed E-state index contributed by atoms with van der Waals surface area (Å²) in [5.41, 5.74) is 6.26. The average Bonchev–Trinajstić information content (AvgIpc) is 2.30. The third kappa shape index (κ3) is 1.87. The minimum Gasteiger partial charge on any atom is -0.383 e. The van der Waals surface area contributed by atoms with Crippen LogP contribution in [-0.4, -0.2) is 15.8 Å². The van der Waals surface area contributed by atoms with Crippen molar-refractivity contribution in [3.05, 3.63) is 52.9 Å². The quantitative estimate of drug-likeness (QED) is 0.636. The van der Waals surface area contributed by atoms with Crippen LogP contribution in [0.4, 0.5) is 5.82 Å². The molecule has 0 amide bonds. The lowest BCUT2D eigenvalue weighted by Gasteiger charge is -2.04. The van der Waals surface area contributed by atoms with Crippen molar-refractivity contribution >= 4 is 23.2 Å². The lowest BCUT2D eigenvalue weighted by Crippen LogP contribution is -2.08. The number of benzene rings is 1. The molecule has 0 aliphatic rings. The first-order valence-corrected chi connectivity index (χ1v) is 4.93. The number of carbonyl (C=O) groups excluding carboxylic acids is 1. The van der Waals surface area contributed by atoms with E-state index >= 15 is 0 Å². The second kappa shape index (κ2) is 4.28. The predicted octanol–water partition coefficient (Wildman–Crippen LogP) is 1.94. The molecule has 0 spiro atoms. The first kappa shape index (κ1) is 10.6. The van der Waals surface area contributed by atoms with Crippen LogP contribution in [0.15, 0.2) is 36.7 Å².